The van der Waals surface area contributed by atoms with Crippen LogP contribution in [0.15, 0.2) is 29.0 Å². The SMILES string of the molecule is Cc1nc(N[C@H]2CCCN(CCc3ncco3)C2)nnc1-c1ccc2c(c1O)CCO2. The van der Waals surface area contributed by atoms with E-state index in [2.05, 4.69) is 30.4 Å². The van der Waals surface area contributed by atoms with E-state index < -0.39 is 0 Å². The van der Waals surface area contributed by atoms with Gasteiger partial charge in [-0.1, -0.05) is 0 Å². The van der Waals surface area contributed by atoms with E-state index in [0.29, 0.717) is 30.2 Å². The first-order chi connectivity index (χ1) is 15.2. The Morgan fingerprint density at radius 3 is 3.06 bits per heavy atom. The van der Waals surface area contributed by atoms with Crippen molar-refractivity contribution >= 4 is 5.95 Å². The van der Waals surface area contributed by atoms with Crippen molar-refractivity contribution in [2.75, 3.05) is 31.6 Å². The molecule has 0 unspecified atom stereocenters. The molecular weight excluding hydrogens is 396 g/mol. The smallest absolute Gasteiger partial charge is 0.243 e. The number of nitrogens with zero attached hydrogens (tertiary/aromatic N) is 5. The van der Waals surface area contributed by atoms with Crippen molar-refractivity contribution in [3.63, 3.8) is 0 Å². The van der Waals surface area contributed by atoms with Crippen molar-refractivity contribution in [2.45, 2.75) is 38.6 Å². The van der Waals surface area contributed by atoms with Crippen LogP contribution in [0.2, 0.25) is 0 Å². The maximum atomic E-state index is 10.7. The van der Waals surface area contributed by atoms with E-state index >= 15 is 0 Å². The fourth-order valence-corrected chi connectivity index (χ4v) is 4.35. The van der Waals surface area contributed by atoms with Gasteiger partial charge in [-0.05, 0) is 38.4 Å². The Kier molecular flexibility index (Phi) is 5.42. The number of hydrogen-bond acceptors (Lipinski definition) is 9. The minimum absolute atomic E-state index is 0.212. The summed E-state index contributed by atoms with van der Waals surface area (Å²) in [5.74, 6) is 2.24. The van der Waals surface area contributed by atoms with Crippen molar-refractivity contribution in [3.8, 4) is 22.8 Å². The highest BCUT2D eigenvalue weighted by molar-refractivity contribution is 5.72. The third-order valence-electron chi connectivity index (χ3n) is 5.93. The predicted molar refractivity (Wildman–Crippen MR) is 114 cm³/mol. The zero-order valence-electron chi connectivity index (χ0n) is 17.5. The van der Waals surface area contributed by atoms with E-state index in [1.807, 2.05) is 19.1 Å². The normalized spacial score (nSPS) is 18.5. The summed E-state index contributed by atoms with van der Waals surface area (Å²) in [6.45, 7) is 5.38. The van der Waals surface area contributed by atoms with Gasteiger partial charge in [0.05, 0.1) is 18.5 Å². The van der Waals surface area contributed by atoms with Gasteiger partial charge in [-0.2, -0.15) is 0 Å². The fourth-order valence-electron chi connectivity index (χ4n) is 4.35. The number of likely N-dealkylation sites (tertiary alicyclic amines) is 1. The first-order valence-corrected chi connectivity index (χ1v) is 10.7. The number of ether oxygens (including phenoxy) is 1. The van der Waals surface area contributed by atoms with E-state index in [4.69, 9.17) is 9.15 Å². The molecule has 1 fully saturated rings. The number of benzene rings is 1. The van der Waals surface area contributed by atoms with Crippen LogP contribution in [0.4, 0.5) is 5.95 Å². The maximum absolute atomic E-state index is 10.7. The van der Waals surface area contributed by atoms with Crippen LogP contribution in [0, 0.1) is 6.92 Å². The Morgan fingerprint density at radius 1 is 1.29 bits per heavy atom. The molecule has 1 aromatic carbocycles. The number of oxazole rings is 1. The van der Waals surface area contributed by atoms with Crippen LogP contribution in [-0.4, -0.2) is 62.5 Å². The lowest BCUT2D eigenvalue weighted by atomic mass is 10.0. The summed E-state index contributed by atoms with van der Waals surface area (Å²) in [5, 5.41) is 22.8. The number of piperidine rings is 1. The Hall–Kier alpha value is -3.20. The standard InChI is InChI=1S/C22H26N6O3/c1-14-20(17-4-5-18-16(21(17)29)7-11-30-18)26-27-22(24-14)25-15-3-2-9-28(13-15)10-6-19-23-8-12-31-19/h4-5,8,12,15,29H,2-3,6-7,9-11,13H2,1H3,(H,24,25,27)/t15-/m0/s1. The predicted octanol–water partition coefficient (Wildman–Crippen LogP) is 2.59. The number of nitrogens with one attached hydrogen (secondary N) is 1. The Bertz CT molecular complexity index is 1060. The van der Waals surface area contributed by atoms with Crippen molar-refractivity contribution in [2.24, 2.45) is 0 Å². The van der Waals surface area contributed by atoms with Gasteiger partial charge in [0, 0.05) is 43.1 Å². The molecule has 2 N–H and O–H groups in total. The average Bonchev–Trinajstić information content (AvgIpc) is 3.46. The second-order valence-corrected chi connectivity index (χ2v) is 8.07. The van der Waals surface area contributed by atoms with Crippen LogP contribution in [0.3, 0.4) is 0 Å². The van der Waals surface area contributed by atoms with E-state index in [1.165, 1.54) is 0 Å². The number of rotatable bonds is 6. The molecule has 0 amide bonds. The van der Waals surface area contributed by atoms with Gasteiger partial charge < -0.3 is 24.5 Å². The summed E-state index contributed by atoms with van der Waals surface area (Å²) in [4.78, 5) is 11.2. The molecule has 0 bridgehead atoms. The summed E-state index contributed by atoms with van der Waals surface area (Å²) in [5.41, 5.74) is 2.79. The number of fused-ring (bicyclic) bond motifs is 1. The molecule has 1 saturated heterocycles. The highest BCUT2D eigenvalue weighted by Gasteiger charge is 2.23. The van der Waals surface area contributed by atoms with Crippen LogP contribution in [0.1, 0.15) is 30.0 Å². The molecule has 162 valence electrons. The number of aryl methyl sites for hydroxylation is 1. The molecule has 1 atom stereocenters. The van der Waals surface area contributed by atoms with Crippen LogP contribution in [0.5, 0.6) is 11.5 Å². The second-order valence-electron chi connectivity index (χ2n) is 8.07. The number of aromatic nitrogens is 4. The fraction of sp³-hybridized carbons (Fsp3) is 0.455. The topological polar surface area (TPSA) is 109 Å². The second kappa shape index (κ2) is 8.50. The summed E-state index contributed by atoms with van der Waals surface area (Å²) in [6, 6.07) is 3.95. The molecule has 3 aromatic rings. The maximum Gasteiger partial charge on any atom is 0.243 e. The van der Waals surface area contributed by atoms with Gasteiger partial charge in [0.15, 0.2) is 5.89 Å². The third-order valence-corrected chi connectivity index (χ3v) is 5.93. The average molecular weight is 422 g/mol. The molecular formula is C22H26N6O3. The molecule has 0 spiro atoms. The quantitative estimate of drug-likeness (QED) is 0.619. The highest BCUT2D eigenvalue weighted by Crippen LogP contribution is 2.40. The van der Waals surface area contributed by atoms with Crippen LogP contribution >= 0.6 is 0 Å². The third kappa shape index (κ3) is 4.18. The lowest BCUT2D eigenvalue weighted by molar-refractivity contribution is 0.213. The van der Waals surface area contributed by atoms with E-state index in [0.717, 1.165) is 61.8 Å². The molecule has 9 heteroatoms. The van der Waals surface area contributed by atoms with Crippen LogP contribution in [-0.2, 0) is 12.8 Å². The summed E-state index contributed by atoms with van der Waals surface area (Å²) < 4.78 is 10.9. The van der Waals surface area contributed by atoms with Crippen molar-refractivity contribution in [3.05, 3.63) is 41.7 Å². The zero-order valence-corrected chi connectivity index (χ0v) is 17.5. The molecule has 0 radical (unpaired) electrons. The minimum Gasteiger partial charge on any atom is -0.507 e. The highest BCUT2D eigenvalue weighted by atomic mass is 16.5. The molecule has 0 saturated carbocycles. The Labute approximate surface area is 180 Å². The van der Waals surface area contributed by atoms with E-state index in [-0.39, 0.29) is 11.8 Å². The van der Waals surface area contributed by atoms with E-state index in [1.54, 1.807) is 12.5 Å². The molecule has 2 aliphatic rings. The van der Waals surface area contributed by atoms with Gasteiger partial charge in [-0.3, -0.25) is 0 Å². The Balaban J connectivity index is 1.25. The lowest BCUT2D eigenvalue weighted by Crippen LogP contribution is -2.43. The van der Waals surface area contributed by atoms with Crippen molar-refractivity contribution in [1.82, 2.24) is 25.1 Å². The number of phenols is 1. The van der Waals surface area contributed by atoms with Gasteiger partial charge in [0.2, 0.25) is 5.95 Å². The summed E-state index contributed by atoms with van der Waals surface area (Å²) in [6.07, 6.45) is 6.97. The van der Waals surface area contributed by atoms with Gasteiger partial charge in [0.25, 0.3) is 0 Å². The van der Waals surface area contributed by atoms with Crippen LogP contribution in [0.25, 0.3) is 11.3 Å². The minimum atomic E-state index is 0.212. The van der Waals surface area contributed by atoms with Gasteiger partial charge in [-0.25, -0.2) is 9.97 Å². The molecule has 2 aliphatic heterocycles. The number of anilines is 1. The number of phenolic OH excluding ortho intramolecular Hbond substituents is 1. The molecule has 31 heavy (non-hydrogen) atoms. The lowest BCUT2D eigenvalue weighted by Gasteiger charge is -2.32. The largest absolute Gasteiger partial charge is 0.507 e. The molecule has 0 aliphatic carbocycles. The van der Waals surface area contributed by atoms with Crippen molar-refractivity contribution in [1.29, 1.82) is 0 Å². The first-order valence-electron chi connectivity index (χ1n) is 10.7. The van der Waals surface area contributed by atoms with Crippen molar-refractivity contribution < 1.29 is 14.3 Å². The zero-order chi connectivity index (χ0) is 21.2. The molecule has 5 rings (SSSR count). The monoisotopic (exact) mass is 422 g/mol. The number of aromatic hydroxyl groups is 1. The molecule has 4 heterocycles. The molecule has 9 nitrogen and oxygen atoms in total. The van der Waals surface area contributed by atoms with E-state index in [9.17, 15) is 5.11 Å². The van der Waals surface area contributed by atoms with Crippen LogP contribution < -0.4 is 10.1 Å². The van der Waals surface area contributed by atoms with Gasteiger partial charge >= 0.3 is 0 Å². The summed E-state index contributed by atoms with van der Waals surface area (Å²) in [7, 11) is 0. The van der Waals surface area contributed by atoms with Gasteiger partial charge in [-0.15, -0.1) is 10.2 Å². The summed E-state index contributed by atoms with van der Waals surface area (Å²) >= 11 is 0. The van der Waals surface area contributed by atoms with Gasteiger partial charge in [0.1, 0.15) is 23.5 Å². The first kappa shape index (κ1) is 19.7. The molecule has 2 aromatic heterocycles. The Morgan fingerprint density at radius 2 is 2.23 bits per heavy atom. The number of hydrogen-bond donors (Lipinski definition) is 2.